The third-order valence-corrected chi connectivity index (χ3v) is 4.12. The van der Waals surface area contributed by atoms with Crippen molar-refractivity contribution in [2.45, 2.75) is 6.10 Å². The first-order valence-electron chi connectivity index (χ1n) is 8.14. The van der Waals surface area contributed by atoms with Crippen molar-refractivity contribution < 1.29 is 19.4 Å². The molecule has 1 heterocycles. The van der Waals surface area contributed by atoms with Crippen LogP contribution in [0, 0.1) is 0 Å². The SMILES string of the molecule is O=C(NN=Cc1c(O)ccc2ccccc12)[C@H]1COc2ccccc2O1. The predicted octanol–water partition coefficient (Wildman–Crippen LogP) is 2.84. The van der Waals surface area contributed by atoms with E-state index >= 15 is 0 Å². The van der Waals surface area contributed by atoms with Gasteiger partial charge in [0.25, 0.3) is 5.91 Å². The number of phenols is 1. The van der Waals surface area contributed by atoms with Crippen LogP contribution in [0.15, 0.2) is 65.8 Å². The minimum Gasteiger partial charge on any atom is -0.507 e. The molecule has 0 saturated carbocycles. The number of rotatable bonds is 3. The summed E-state index contributed by atoms with van der Waals surface area (Å²) in [6.07, 6.45) is 0.635. The summed E-state index contributed by atoms with van der Waals surface area (Å²) in [7, 11) is 0. The highest BCUT2D eigenvalue weighted by molar-refractivity contribution is 6.02. The number of hydrogen-bond donors (Lipinski definition) is 2. The van der Waals surface area contributed by atoms with E-state index in [1.54, 1.807) is 18.2 Å². The summed E-state index contributed by atoms with van der Waals surface area (Å²) in [6.45, 7) is 0.109. The number of para-hydroxylation sites is 2. The second kappa shape index (κ2) is 6.76. The third kappa shape index (κ3) is 3.04. The number of fused-ring (bicyclic) bond motifs is 2. The van der Waals surface area contributed by atoms with Gasteiger partial charge in [0.2, 0.25) is 6.10 Å². The van der Waals surface area contributed by atoms with Crippen LogP contribution in [-0.4, -0.2) is 29.9 Å². The largest absolute Gasteiger partial charge is 0.507 e. The fourth-order valence-corrected chi connectivity index (χ4v) is 2.80. The van der Waals surface area contributed by atoms with E-state index in [2.05, 4.69) is 10.5 Å². The molecule has 0 spiro atoms. The number of carbonyl (C=O) groups excluding carboxylic acids is 1. The number of hydrazone groups is 1. The van der Waals surface area contributed by atoms with E-state index in [9.17, 15) is 9.90 Å². The van der Waals surface area contributed by atoms with Gasteiger partial charge in [-0.1, -0.05) is 42.5 Å². The molecule has 3 aromatic rings. The predicted molar refractivity (Wildman–Crippen MR) is 97.7 cm³/mol. The highest BCUT2D eigenvalue weighted by Gasteiger charge is 2.27. The van der Waals surface area contributed by atoms with Crippen LogP contribution in [0.1, 0.15) is 5.56 Å². The number of aromatic hydroxyl groups is 1. The minimum absolute atomic E-state index is 0.0906. The Labute approximate surface area is 149 Å². The van der Waals surface area contributed by atoms with Gasteiger partial charge in [-0.05, 0) is 29.0 Å². The zero-order chi connectivity index (χ0) is 17.9. The van der Waals surface area contributed by atoms with Gasteiger partial charge in [-0.25, -0.2) is 5.43 Å². The molecule has 6 nitrogen and oxygen atoms in total. The number of hydrogen-bond acceptors (Lipinski definition) is 5. The Kier molecular flexibility index (Phi) is 4.15. The van der Waals surface area contributed by atoms with Gasteiger partial charge >= 0.3 is 0 Å². The van der Waals surface area contributed by atoms with Gasteiger partial charge < -0.3 is 14.6 Å². The van der Waals surface area contributed by atoms with Crippen LogP contribution < -0.4 is 14.9 Å². The summed E-state index contributed by atoms with van der Waals surface area (Å²) >= 11 is 0. The van der Waals surface area contributed by atoms with Gasteiger partial charge in [-0.3, -0.25) is 4.79 Å². The Balaban J connectivity index is 1.48. The standard InChI is InChI=1S/C20H16N2O4/c23-16-10-9-13-5-1-2-6-14(13)15(16)11-21-22-20(24)19-12-25-17-7-3-4-8-18(17)26-19/h1-11,19,23H,12H2,(H,22,24)/t19-/m1/s1. The highest BCUT2D eigenvalue weighted by atomic mass is 16.6. The van der Waals surface area contributed by atoms with Crippen molar-refractivity contribution in [3.63, 3.8) is 0 Å². The van der Waals surface area contributed by atoms with Crippen LogP contribution in [0.4, 0.5) is 0 Å². The lowest BCUT2D eigenvalue weighted by molar-refractivity contribution is -0.130. The average Bonchev–Trinajstić information content (AvgIpc) is 2.69. The van der Waals surface area contributed by atoms with Crippen molar-refractivity contribution in [3.05, 3.63) is 66.2 Å². The zero-order valence-corrected chi connectivity index (χ0v) is 13.8. The smallest absolute Gasteiger partial charge is 0.284 e. The maximum absolute atomic E-state index is 12.3. The number of amides is 1. The quantitative estimate of drug-likeness (QED) is 0.563. The van der Waals surface area contributed by atoms with Gasteiger partial charge in [0, 0.05) is 5.56 Å². The lowest BCUT2D eigenvalue weighted by Crippen LogP contribution is -2.42. The molecule has 130 valence electrons. The molecule has 1 aliphatic rings. The lowest BCUT2D eigenvalue weighted by atomic mass is 10.0. The third-order valence-electron chi connectivity index (χ3n) is 4.12. The average molecular weight is 348 g/mol. The van der Waals surface area contributed by atoms with Gasteiger partial charge in [0.15, 0.2) is 11.5 Å². The summed E-state index contributed by atoms with van der Waals surface area (Å²) in [5, 5.41) is 15.9. The maximum atomic E-state index is 12.3. The molecule has 1 amide bonds. The van der Waals surface area contributed by atoms with Gasteiger partial charge in [0.1, 0.15) is 12.4 Å². The van der Waals surface area contributed by atoms with Crippen LogP contribution in [0.25, 0.3) is 10.8 Å². The van der Waals surface area contributed by atoms with Crippen molar-refractivity contribution in [2.24, 2.45) is 5.10 Å². The summed E-state index contributed by atoms with van der Waals surface area (Å²) in [5.41, 5.74) is 2.97. The first-order valence-corrected chi connectivity index (χ1v) is 8.14. The molecule has 0 fully saturated rings. The highest BCUT2D eigenvalue weighted by Crippen LogP contribution is 2.31. The summed E-state index contributed by atoms with van der Waals surface area (Å²) in [6, 6.07) is 18.2. The summed E-state index contributed by atoms with van der Waals surface area (Å²) < 4.78 is 11.2. The molecule has 2 N–H and O–H groups in total. The van der Waals surface area contributed by atoms with Crippen LogP contribution in [0.3, 0.4) is 0 Å². The van der Waals surface area contributed by atoms with E-state index in [1.807, 2.05) is 42.5 Å². The molecule has 0 radical (unpaired) electrons. The molecular formula is C20H16N2O4. The lowest BCUT2D eigenvalue weighted by Gasteiger charge is -2.24. The van der Waals surface area contributed by atoms with Crippen molar-refractivity contribution in [3.8, 4) is 17.2 Å². The summed E-state index contributed by atoms with van der Waals surface area (Å²) in [5.74, 6) is 0.804. The number of benzene rings is 3. The van der Waals surface area contributed by atoms with E-state index in [0.29, 0.717) is 17.1 Å². The van der Waals surface area contributed by atoms with Gasteiger partial charge in [-0.2, -0.15) is 5.10 Å². The molecule has 1 atom stereocenters. The second-order valence-electron chi connectivity index (χ2n) is 5.82. The molecular weight excluding hydrogens is 332 g/mol. The first-order chi connectivity index (χ1) is 12.7. The van der Waals surface area contributed by atoms with E-state index < -0.39 is 12.0 Å². The Morgan fingerprint density at radius 3 is 2.73 bits per heavy atom. The molecule has 0 bridgehead atoms. The second-order valence-corrected chi connectivity index (χ2v) is 5.82. The molecule has 1 aliphatic heterocycles. The molecule has 3 aromatic carbocycles. The number of nitrogens with zero attached hydrogens (tertiary/aromatic N) is 1. The fourth-order valence-electron chi connectivity index (χ4n) is 2.80. The molecule has 4 rings (SSSR count). The number of ether oxygens (including phenoxy) is 2. The van der Waals surface area contributed by atoms with Gasteiger partial charge in [0.05, 0.1) is 6.21 Å². The molecule has 26 heavy (non-hydrogen) atoms. The Bertz CT molecular complexity index is 1000. The molecule has 0 aromatic heterocycles. The number of carbonyl (C=O) groups is 1. The van der Waals surface area contributed by atoms with E-state index in [0.717, 1.165) is 10.8 Å². The molecule has 0 unspecified atom stereocenters. The monoisotopic (exact) mass is 348 g/mol. The van der Waals surface area contributed by atoms with E-state index in [4.69, 9.17) is 9.47 Å². The van der Waals surface area contributed by atoms with Crippen LogP contribution in [-0.2, 0) is 4.79 Å². The van der Waals surface area contributed by atoms with E-state index in [1.165, 1.54) is 6.21 Å². The van der Waals surface area contributed by atoms with E-state index in [-0.39, 0.29) is 12.4 Å². The van der Waals surface area contributed by atoms with Gasteiger partial charge in [-0.15, -0.1) is 0 Å². The topological polar surface area (TPSA) is 80.2 Å². The van der Waals surface area contributed by atoms with Crippen LogP contribution in [0.5, 0.6) is 17.2 Å². The van der Waals surface area contributed by atoms with Crippen molar-refractivity contribution in [1.82, 2.24) is 5.43 Å². The molecule has 0 saturated heterocycles. The van der Waals surface area contributed by atoms with Crippen LogP contribution in [0.2, 0.25) is 0 Å². The van der Waals surface area contributed by atoms with Crippen molar-refractivity contribution >= 4 is 22.9 Å². The van der Waals surface area contributed by atoms with Crippen molar-refractivity contribution in [2.75, 3.05) is 6.61 Å². The minimum atomic E-state index is -0.789. The maximum Gasteiger partial charge on any atom is 0.284 e. The van der Waals surface area contributed by atoms with Crippen LogP contribution >= 0.6 is 0 Å². The Morgan fingerprint density at radius 2 is 1.85 bits per heavy atom. The van der Waals surface area contributed by atoms with Crippen molar-refractivity contribution in [1.29, 1.82) is 0 Å². The first kappa shape index (κ1) is 16.0. The fraction of sp³-hybridized carbons (Fsp3) is 0.100. The summed E-state index contributed by atoms with van der Waals surface area (Å²) in [4.78, 5) is 12.3. The molecule has 0 aliphatic carbocycles. The molecule has 6 heteroatoms. The zero-order valence-electron chi connectivity index (χ0n) is 13.8. The normalized spacial score (nSPS) is 15.9. The Hall–Kier alpha value is -3.54. The number of phenolic OH excluding ortho intramolecular Hbond substituents is 1. The Morgan fingerprint density at radius 1 is 1.08 bits per heavy atom. The number of nitrogens with one attached hydrogen (secondary N) is 1.